The molecule has 2 rings (SSSR count). The van der Waals surface area contributed by atoms with Gasteiger partial charge in [-0.1, -0.05) is 31.9 Å². The highest BCUT2D eigenvalue weighted by Crippen LogP contribution is 2.34. The van der Waals surface area contributed by atoms with E-state index < -0.39 is 0 Å². The van der Waals surface area contributed by atoms with Crippen molar-refractivity contribution in [2.75, 3.05) is 6.54 Å². The van der Waals surface area contributed by atoms with Crippen molar-refractivity contribution in [1.29, 1.82) is 0 Å². The van der Waals surface area contributed by atoms with E-state index in [0.29, 0.717) is 11.1 Å². The summed E-state index contributed by atoms with van der Waals surface area (Å²) >= 11 is 7.65. The first-order chi connectivity index (χ1) is 10.1. The zero-order valence-electron chi connectivity index (χ0n) is 12.5. The number of nitrogens with one attached hydrogen (secondary N) is 1. The lowest BCUT2D eigenvalue weighted by Gasteiger charge is -2.16. The predicted molar refractivity (Wildman–Crippen MR) is 90.7 cm³/mol. The fourth-order valence-electron chi connectivity index (χ4n) is 2.34. The Morgan fingerprint density at radius 3 is 2.67 bits per heavy atom. The van der Waals surface area contributed by atoms with Crippen molar-refractivity contribution in [2.45, 2.75) is 39.2 Å². The van der Waals surface area contributed by atoms with Crippen LogP contribution in [0.5, 0.6) is 0 Å². The zero-order valence-corrected chi connectivity index (χ0v) is 14.0. The molecule has 1 aromatic carbocycles. The summed E-state index contributed by atoms with van der Waals surface area (Å²) in [4.78, 5) is 2.37. The van der Waals surface area contributed by atoms with Crippen LogP contribution in [0.25, 0.3) is 10.4 Å². The fourth-order valence-corrected chi connectivity index (χ4v) is 3.67. The maximum absolute atomic E-state index is 13.5. The Balaban J connectivity index is 2.22. The number of benzene rings is 1. The van der Waals surface area contributed by atoms with E-state index in [0.717, 1.165) is 36.2 Å². The highest BCUT2D eigenvalue weighted by molar-refractivity contribution is 7.15. The molecule has 2 aromatic rings. The lowest BCUT2D eigenvalue weighted by atomic mass is 10.1. The first-order valence-electron chi connectivity index (χ1n) is 7.43. The van der Waals surface area contributed by atoms with Crippen LogP contribution in [-0.4, -0.2) is 6.54 Å². The minimum atomic E-state index is -0.290. The summed E-state index contributed by atoms with van der Waals surface area (Å²) in [6.07, 6.45) is 3.38. The minimum Gasteiger partial charge on any atom is -0.309 e. The second kappa shape index (κ2) is 7.92. The van der Waals surface area contributed by atoms with Gasteiger partial charge >= 0.3 is 0 Å². The Morgan fingerprint density at radius 1 is 1.19 bits per heavy atom. The van der Waals surface area contributed by atoms with E-state index in [1.165, 1.54) is 17.0 Å². The van der Waals surface area contributed by atoms with Gasteiger partial charge in [0, 0.05) is 20.8 Å². The molecule has 1 unspecified atom stereocenters. The molecule has 0 aliphatic rings. The number of thiophene rings is 1. The van der Waals surface area contributed by atoms with Gasteiger partial charge in [-0.25, -0.2) is 4.39 Å². The van der Waals surface area contributed by atoms with Gasteiger partial charge in [-0.15, -0.1) is 11.3 Å². The standard InChI is InChI=1S/C17H21ClFNS/c1-3-5-15(20-8-4-2)17-7-6-16(21-17)12-9-13(18)11-14(19)10-12/h6-7,9-11,15,20H,3-5,8H2,1-2H3. The molecular weight excluding hydrogens is 305 g/mol. The van der Waals surface area contributed by atoms with Crippen LogP contribution in [0.15, 0.2) is 30.3 Å². The van der Waals surface area contributed by atoms with E-state index in [9.17, 15) is 4.39 Å². The monoisotopic (exact) mass is 325 g/mol. The molecule has 0 bridgehead atoms. The molecule has 0 saturated carbocycles. The van der Waals surface area contributed by atoms with E-state index in [-0.39, 0.29) is 5.82 Å². The number of rotatable bonds is 7. The van der Waals surface area contributed by atoms with Crippen LogP contribution in [0.1, 0.15) is 44.0 Å². The molecule has 0 spiro atoms. The van der Waals surface area contributed by atoms with Crippen molar-refractivity contribution in [3.8, 4) is 10.4 Å². The molecule has 0 aliphatic carbocycles. The molecule has 4 heteroatoms. The summed E-state index contributed by atoms with van der Waals surface area (Å²) in [6, 6.07) is 9.27. The van der Waals surface area contributed by atoms with Gasteiger partial charge in [-0.2, -0.15) is 0 Å². The lowest BCUT2D eigenvalue weighted by Crippen LogP contribution is -2.21. The smallest absolute Gasteiger partial charge is 0.125 e. The Bertz CT molecular complexity index is 562. The Hall–Kier alpha value is -0.900. The molecule has 1 atom stereocenters. The third kappa shape index (κ3) is 4.53. The van der Waals surface area contributed by atoms with Gasteiger partial charge in [0.15, 0.2) is 0 Å². The van der Waals surface area contributed by atoms with E-state index in [4.69, 9.17) is 11.6 Å². The summed E-state index contributed by atoms with van der Waals surface area (Å²) in [7, 11) is 0. The Morgan fingerprint density at radius 2 is 2.00 bits per heavy atom. The summed E-state index contributed by atoms with van der Waals surface area (Å²) < 4.78 is 13.5. The summed E-state index contributed by atoms with van der Waals surface area (Å²) in [5.74, 6) is -0.290. The second-order valence-electron chi connectivity index (χ2n) is 5.16. The molecule has 0 saturated heterocycles. The zero-order chi connectivity index (χ0) is 15.2. The van der Waals surface area contributed by atoms with Crippen molar-refractivity contribution in [3.63, 3.8) is 0 Å². The van der Waals surface area contributed by atoms with Crippen LogP contribution in [0.2, 0.25) is 5.02 Å². The summed E-state index contributed by atoms with van der Waals surface area (Å²) in [5, 5.41) is 4.02. The maximum atomic E-state index is 13.5. The molecule has 21 heavy (non-hydrogen) atoms. The van der Waals surface area contributed by atoms with Crippen molar-refractivity contribution < 1.29 is 4.39 Å². The van der Waals surface area contributed by atoms with Gasteiger partial charge in [-0.3, -0.25) is 0 Å². The van der Waals surface area contributed by atoms with Gasteiger partial charge in [-0.05, 0) is 55.3 Å². The van der Waals surface area contributed by atoms with E-state index >= 15 is 0 Å². The molecule has 1 aromatic heterocycles. The number of hydrogen-bond acceptors (Lipinski definition) is 2. The number of hydrogen-bond donors (Lipinski definition) is 1. The second-order valence-corrected chi connectivity index (χ2v) is 6.71. The van der Waals surface area contributed by atoms with Crippen LogP contribution in [0.3, 0.4) is 0 Å². The third-order valence-corrected chi connectivity index (χ3v) is 4.80. The molecule has 1 N–H and O–H groups in total. The summed E-state index contributed by atoms with van der Waals surface area (Å²) in [5.41, 5.74) is 0.849. The van der Waals surface area contributed by atoms with Crippen molar-refractivity contribution >= 4 is 22.9 Å². The quantitative estimate of drug-likeness (QED) is 0.653. The maximum Gasteiger partial charge on any atom is 0.125 e. The normalized spacial score (nSPS) is 12.6. The van der Waals surface area contributed by atoms with Crippen LogP contribution < -0.4 is 5.32 Å². The first-order valence-corrected chi connectivity index (χ1v) is 8.63. The Kier molecular flexibility index (Phi) is 6.22. The average Bonchev–Trinajstić information content (AvgIpc) is 2.92. The van der Waals surface area contributed by atoms with Crippen molar-refractivity contribution in [1.82, 2.24) is 5.32 Å². The minimum absolute atomic E-state index is 0.290. The van der Waals surface area contributed by atoms with Crippen molar-refractivity contribution in [2.24, 2.45) is 0 Å². The van der Waals surface area contributed by atoms with E-state index in [1.807, 2.05) is 6.07 Å². The largest absolute Gasteiger partial charge is 0.309 e. The molecule has 1 heterocycles. The van der Waals surface area contributed by atoms with Crippen molar-refractivity contribution in [3.05, 3.63) is 46.0 Å². The molecular formula is C17H21ClFNS. The first kappa shape index (κ1) is 16.5. The van der Waals surface area contributed by atoms with E-state index in [1.54, 1.807) is 11.3 Å². The molecule has 0 amide bonds. The molecule has 114 valence electrons. The van der Waals surface area contributed by atoms with Crippen LogP contribution in [-0.2, 0) is 0 Å². The van der Waals surface area contributed by atoms with Gasteiger partial charge < -0.3 is 5.32 Å². The number of halogens is 2. The Labute approximate surface area is 135 Å². The van der Waals surface area contributed by atoms with Crippen LogP contribution in [0, 0.1) is 5.82 Å². The molecule has 0 radical (unpaired) electrons. The molecule has 0 aliphatic heterocycles. The topological polar surface area (TPSA) is 12.0 Å². The van der Waals surface area contributed by atoms with Gasteiger partial charge in [0.2, 0.25) is 0 Å². The average molecular weight is 326 g/mol. The highest BCUT2D eigenvalue weighted by atomic mass is 35.5. The SMILES string of the molecule is CCCNC(CCC)c1ccc(-c2cc(F)cc(Cl)c2)s1. The molecule has 0 fully saturated rings. The van der Waals surface area contributed by atoms with Crippen LogP contribution >= 0.6 is 22.9 Å². The van der Waals surface area contributed by atoms with Gasteiger partial charge in [0.25, 0.3) is 0 Å². The van der Waals surface area contributed by atoms with Crippen LogP contribution in [0.4, 0.5) is 4.39 Å². The predicted octanol–water partition coefficient (Wildman–Crippen LogP) is 6.05. The van der Waals surface area contributed by atoms with Gasteiger partial charge in [0.1, 0.15) is 5.82 Å². The van der Waals surface area contributed by atoms with Gasteiger partial charge in [0.05, 0.1) is 0 Å². The third-order valence-electron chi connectivity index (χ3n) is 3.34. The summed E-state index contributed by atoms with van der Waals surface area (Å²) in [6.45, 7) is 5.38. The highest BCUT2D eigenvalue weighted by Gasteiger charge is 2.13. The lowest BCUT2D eigenvalue weighted by molar-refractivity contribution is 0.501. The fraction of sp³-hybridized carbons (Fsp3) is 0.412. The van der Waals surface area contributed by atoms with E-state index in [2.05, 4.69) is 31.3 Å². The molecule has 1 nitrogen and oxygen atoms in total.